The number of nitrogens with zero attached hydrogens (tertiary/aromatic N) is 4. The van der Waals surface area contributed by atoms with Crippen molar-refractivity contribution in [2.24, 2.45) is 0 Å². The zero-order valence-electron chi connectivity index (χ0n) is 14.7. The molecule has 0 fully saturated rings. The highest BCUT2D eigenvalue weighted by Crippen LogP contribution is 2.30. The lowest BCUT2D eigenvalue weighted by Gasteiger charge is -2.26. The first-order chi connectivity index (χ1) is 12.8. The summed E-state index contributed by atoms with van der Waals surface area (Å²) in [6.45, 7) is 1.82. The van der Waals surface area contributed by atoms with E-state index in [4.69, 9.17) is 0 Å². The largest absolute Gasteiger partial charge is 0.416 e. The molecule has 3 rings (SSSR count). The minimum Gasteiger partial charge on any atom is -0.335 e. The van der Waals surface area contributed by atoms with Gasteiger partial charge in [-0.05, 0) is 42.8 Å². The third-order valence-corrected chi connectivity index (χ3v) is 4.40. The molecule has 1 atom stereocenters. The Bertz CT molecular complexity index is 921. The molecule has 5 nitrogen and oxygen atoms in total. The number of hydrogen-bond acceptors (Lipinski definition) is 3. The van der Waals surface area contributed by atoms with Crippen molar-refractivity contribution in [3.63, 3.8) is 0 Å². The highest BCUT2D eigenvalue weighted by atomic mass is 19.4. The lowest BCUT2D eigenvalue weighted by atomic mass is 10.0. The maximum atomic E-state index is 12.9. The van der Waals surface area contributed by atoms with Crippen LogP contribution in [-0.2, 0) is 6.18 Å². The molecule has 3 aromatic rings. The number of halogens is 3. The van der Waals surface area contributed by atoms with Gasteiger partial charge in [-0.1, -0.05) is 18.2 Å². The third-order valence-electron chi connectivity index (χ3n) is 4.40. The van der Waals surface area contributed by atoms with E-state index in [0.29, 0.717) is 0 Å². The number of alkyl halides is 3. The normalized spacial score (nSPS) is 12.6. The molecule has 1 heterocycles. The molecular formula is C19H17F3N4O. The van der Waals surface area contributed by atoms with Gasteiger partial charge < -0.3 is 4.90 Å². The van der Waals surface area contributed by atoms with Gasteiger partial charge in [0.25, 0.3) is 5.91 Å². The van der Waals surface area contributed by atoms with Gasteiger partial charge in [-0.3, -0.25) is 4.79 Å². The summed E-state index contributed by atoms with van der Waals surface area (Å²) in [5.74, 6) is -0.478. The summed E-state index contributed by atoms with van der Waals surface area (Å²) >= 11 is 0. The Morgan fingerprint density at radius 2 is 1.85 bits per heavy atom. The molecule has 0 aliphatic heterocycles. The molecule has 0 aliphatic carbocycles. The molecule has 2 aromatic carbocycles. The van der Waals surface area contributed by atoms with E-state index in [2.05, 4.69) is 10.1 Å². The highest BCUT2D eigenvalue weighted by Gasteiger charge is 2.31. The van der Waals surface area contributed by atoms with Crippen LogP contribution in [0.5, 0.6) is 0 Å². The maximum absolute atomic E-state index is 12.9. The summed E-state index contributed by atoms with van der Waals surface area (Å²) in [7, 11) is 1.57. The van der Waals surface area contributed by atoms with Crippen LogP contribution < -0.4 is 0 Å². The molecule has 0 saturated heterocycles. The summed E-state index contributed by atoms with van der Waals surface area (Å²) < 4.78 is 40.2. The summed E-state index contributed by atoms with van der Waals surface area (Å²) in [6.07, 6.45) is -1.49. The second-order valence-electron chi connectivity index (χ2n) is 6.10. The molecule has 0 saturated carbocycles. The second-order valence-corrected chi connectivity index (χ2v) is 6.10. The molecule has 0 N–H and O–H groups in total. The third kappa shape index (κ3) is 3.99. The van der Waals surface area contributed by atoms with Crippen molar-refractivity contribution in [2.75, 3.05) is 7.05 Å². The van der Waals surface area contributed by atoms with E-state index >= 15 is 0 Å². The standard InChI is InChI=1S/C19H17F3N4O/c1-13(14-6-8-17(9-7-14)26-12-23-11-24-26)25(2)18(27)15-4-3-5-16(10-15)19(20,21)22/h3-13H,1-2H3/t13-/m1/s1. The van der Waals surface area contributed by atoms with E-state index in [-0.39, 0.29) is 11.6 Å². The smallest absolute Gasteiger partial charge is 0.335 e. The molecule has 1 aromatic heterocycles. The van der Waals surface area contributed by atoms with Gasteiger partial charge in [-0.25, -0.2) is 9.67 Å². The fraction of sp³-hybridized carbons (Fsp3) is 0.211. The zero-order chi connectivity index (χ0) is 19.6. The lowest BCUT2D eigenvalue weighted by Crippen LogP contribution is -2.29. The van der Waals surface area contributed by atoms with Crippen LogP contribution in [0.4, 0.5) is 13.2 Å². The van der Waals surface area contributed by atoms with Gasteiger partial charge >= 0.3 is 6.18 Å². The first-order valence-corrected chi connectivity index (χ1v) is 8.17. The first kappa shape index (κ1) is 18.6. The monoisotopic (exact) mass is 374 g/mol. The SMILES string of the molecule is C[C@H](c1ccc(-n2cncn2)cc1)N(C)C(=O)c1cccc(C(F)(F)F)c1. The Morgan fingerprint density at radius 3 is 2.44 bits per heavy atom. The van der Waals surface area contributed by atoms with E-state index in [1.54, 1.807) is 18.1 Å². The molecule has 0 radical (unpaired) electrons. The Hall–Kier alpha value is -3.16. The van der Waals surface area contributed by atoms with Crippen LogP contribution >= 0.6 is 0 Å². The van der Waals surface area contributed by atoms with Crippen LogP contribution in [0.3, 0.4) is 0 Å². The molecule has 140 valence electrons. The van der Waals surface area contributed by atoms with Crippen LogP contribution in [0.25, 0.3) is 5.69 Å². The van der Waals surface area contributed by atoms with Gasteiger partial charge in [0.05, 0.1) is 17.3 Å². The quantitative estimate of drug-likeness (QED) is 0.690. The van der Waals surface area contributed by atoms with Gasteiger partial charge in [0, 0.05) is 12.6 Å². The molecule has 1 amide bonds. The van der Waals surface area contributed by atoms with Crippen molar-refractivity contribution in [3.05, 3.63) is 77.9 Å². The molecule has 8 heteroatoms. The van der Waals surface area contributed by atoms with E-state index in [1.165, 1.54) is 23.4 Å². The topological polar surface area (TPSA) is 51.0 Å². The van der Waals surface area contributed by atoms with Crippen molar-refractivity contribution in [1.29, 1.82) is 0 Å². The highest BCUT2D eigenvalue weighted by molar-refractivity contribution is 5.94. The second kappa shape index (κ2) is 7.22. The number of carbonyl (C=O) groups excluding carboxylic acids is 1. The fourth-order valence-electron chi connectivity index (χ4n) is 2.68. The fourth-order valence-corrected chi connectivity index (χ4v) is 2.68. The number of carbonyl (C=O) groups is 1. The maximum Gasteiger partial charge on any atom is 0.416 e. The van der Waals surface area contributed by atoms with Crippen molar-refractivity contribution < 1.29 is 18.0 Å². The van der Waals surface area contributed by atoms with Crippen LogP contribution in [0.1, 0.15) is 34.5 Å². The van der Waals surface area contributed by atoms with Crippen LogP contribution in [0.2, 0.25) is 0 Å². The number of benzene rings is 2. The number of aromatic nitrogens is 3. The predicted molar refractivity (Wildman–Crippen MR) is 93.3 cm³/mol. The van der Waals surface area contributed by atoms with E-state index in [0.717, 1.165) is 23.4 Å². The number of rotatable bonds is 4. The van der Waals surface area contributed by atoms with Crippen molar-refractivity contribution >= 4 is 5.91 Å². The summed E-state index contributed by atoms with van der Waals surface area (Å²) in [5.41, 5.74) is 0.821. The molecule has 0 unspecified atom stereocenters. The average molecular weight is 374 g/mol. The van der Waals surface area contributed by atoms with Crippen LogP contribution in [0.15, 0.2) is 61.2 Å². The zero-order valence-corrected chi connectivity index (χ0v) is 14.7. The Balaban J connectivity index is 1.78. The van der Waals surface area contributed by atoms with Crippen molar-refractivity contribution in [2.45, 2.75) is 19.1 Å². The van der Waals surface area contributed by atoms with Crippen LogP contribution in [-0.4, -0.2) is 32.6 Å². The number of hydrogen-bond donors (Lipinski definition) is 0. The van der Waals surface area contributed by atoms with Crippen molar-refractivity contribution in [3.8, 4) is 5.69 Å². The van der Waals surface area contributed by atoms with Gasteiger partial charge in [0.15, 0.2) is 0 Å². The van der Waals surface area contributed by atoms with E-state index < -0.39 is 17.6 Å². The number of amides is 1. The van der Waals surface area contributed by atoms with Gasteiger partial charge in [-0.2, -0.15) is 18.3 Å². The predicted octanol–water partition coefficient (Wildman–Crippen LogP) is 4.12. The molecule has 0 aliphatic rings. The van der Waals surface area contributed by atoms with Gasteiger partial charge in [0.1, 0.15) is 12.7 Å². The molecule has 0 bridgehead atoms. The average Bonchev–Trinajstić information content (AvgIpc) is 3.20. The Morgan fingerprint density at radius 1 is 1.15 bits per heavy atom. The molecular weight excluding hydrogens is 357 g/mol. The minimum absolute atomic E-state index is 0.00147. The Labute approximate surface area is 154 Å². The van der Waals surface area contributed by atoms with Gasteiger partial charge in [0.2, 0.25) is 0 Å². The summed E-state index contributed by atoms with van der Waals surface area (Å²) in [6, 6.07) is 11.5. The summed E-state index contributed by atoms with van der Waals surface area (Å²) in [4.78, 5) is 17.9. The lowest BCUT2D eigenvalue weighted by molar-refractivity contribution is -0.137. The molecule has 27 heavy (non-hydrogen) atoms. The van der Waals surface area contributed by atoms with Crippen molar-refractivity contribution in [1.82, 2.24) is 19.7 Å². The minimum atomic E-state index is -4.49. The first-order valence-electron chi connectivity index (χ1n) is 8.17. The van der Waals surface area contributed by atoms with Crippen LogP contribution in [0, 0.1) is 0 Å². The van der Waals surface area contributed by atoms with E-state index in [1.807, 2.05) is 31.2 Å². The summed E-state index contributed by atoms with van der Waals surface area (Å²) in [5, 5.41) is 4.04. The van der Waals surface area contributed by atoms with E-state index in [9.17, 15) is 18.0 Å². The Kier molecular flexibility index (Phi) is 4.98. The molecule has 0 spiro atoms. The van der Waals surface area contributed by atoms with Gasteiger partial charge in [-0.15, -0.1) is 0 Å².